The largest absolute Gasteiger partial charge is 0.460 e. The molecule has 0 saturated heterocycles. The second kappa shape index (κ2) is 7.67. The second-order valence-corrected chi connectivity index (χ2v) is 5.44. The van der Waals surface area contributed by atoms with Crippen LogP contribution < -0.4 is 0 Å². The lowest BCUT2D eigenvalue weighted by Gasteiger charge is -2.20. The van der Waals surface area contributed by atoms with Gasteiger partial charge in [0.05, 0.1) is 31.3 Å². The zero-order chi connectivity index (χ0) is 13.5. The van der Waals surface area contributed by atoms with Gasteiger partial charge >= 0.3 is 5.97 Å². The molecule has 0 radical (unpaired) electrons. The first-order chi connectivity index (χ1) is 7.72. The highest BCUT2D eigenvalue weighted by Gasteiger charge is 2.13. The lowest BCUT2D eigenvalue weighted by atomic mass is 10.2. The van der Waals surface area contributed by atoms with Crippen LogP contribution in [0.25, 0.3) is 0 Å². The summed E-state index contributed by atoms with van der Waals surface area (Å²) in [5, 5.41) is 0. The average molecular weight is 246 g/mol. The van der Waals surface area contributed by atoms with E-state index in [0.717, 1.165) is 0 Å². The molecular formula is C13H26O4. The molecule has 0 aliphatic carbocycles. The fourth-order valence-electron chi connectivity index (χ4n) is 1.02. The molecule has 1 unspecified atom stereocenters. The Morgan fingerprint density at radius 1 is 1.12 bits per heavy atom. The zero-order valence-electron chi connectivity index (χ0n) is 11.9. The Labute approximate surface area is 105 Å². The van der Waals surface area contributed by atoms with Crippen molar-refractivity contribution in [2.75, 3.05) is 19.8 Å². The van der Waals surface area contributed by atoms with Crippen molar-refractivity contribution in [2.24, 2.45) is 5.92 Å². The molecule has 0 rings (SSSR count). The third-order valence-electron chi connectivity index (χ3n) is 1.90. The third-order valence-corrected chi connectivity index (χ3v) is 1.90. The Kier molecular flexibility index (Phi) is 7.39. The number of carbonyl (C=O) groups excluding carboxylic acids is 1. The summed E-state index contributed by atoms with van der Waals surface area (Å²) in [4.78, 5) is 11.3. The van der Waals surface area contributed by atoms with Crippen LogP contribution >= 0.6 is 0 Å². The van der Waals surface area contributed by atoms with Crippen molar-refractivity contribution >= 4 is 5.97 Å². The zero-order valence-corrected chi connectivity index (χ0v) is 11.9. The van der Waals surface area contributed by atoms with Crippen molar-refractivity contribution in [3.05, 3.63) is 0 Å². The molecule has 0 N–H and O–H groups in total. The minimum Gasteiger partial charge on any atom is -0.460 e. The monoisotopic (exact) mass is 246 g/mol. The number of esters is 1. The predicted molar refractivity (Wildman–Crippen MR) is 66.9 cm³/mol. The highest BCUT2D eigenvalue weighted by atomic mass is 16.6. The first kappa shape index (κ1) is 16.4. The number of ether oxygens (including phenoxy) is 3. The van der Waals surface area contributed by atoms with Crippen LogP contribution in [0.2, 0.25) is 0 Å². The minimum atomic E-state index is -0.209. The summed E-state index contributed by atoms with van der Waals surface area (Å²) in [6.45, 7) is 12.9. The molecule has 0 heterocycles. The highest BCUT2D eigenvalue weighted by Crippen LogP contribution is 2.06. The second-order valence-electron chi connectivity index (χ2n) is 5.44. The van der Waals surface area contributed by atoms with E-state index in [-0.39, 0.29) is 23.6 Å². The van der Waals surface area contributed by atoms with Gasteiger partial charge in [0.1, 0.15) is 6.10 Å². The topological polar surface area (TPSA) is 44.8 Å². The number of rotatable bonds is 7. The Hall–Kier alpha value is -0.610. The Bertz CT molecular complexity index is 218. The number of hydrogen-bond donors (Lipinski definition) is 0. The predicted octanol–water partition coefficient (Wildman–Crippen LogP) is 2.41. The van der Waals surface area contributed by atoms with Crippen LogP contribution in [-0.2, 0) is 19.0 Å². The summed E-state index contributed by atoms with van der Waals surface area (Å²) >= 11 is 0. The van der Waals surface area contributed by atoms with Crippen molar-refractivity contribution in [1.82, 2.24) is 0 Å². The van der Waals surface area contributed by atoms with Crippen LogP contribution in [0.5, 0.6) is 0 Å². The Morgan fingerprint density at radius 2 is 1.71 bits per heavy atom. The molecule has 0 aromatic carbocycles. The molecule has 4 nitrogen and oxygen atoms in total. The van der Waals surface area contributed by atoms with Gasteiger partial charge in [-0.25, -0.2) is 0 Å². The van der Waals surface area contributed by atoms with Crippen LogP contribution in [0.1, 0.15) is 41.5 Å². The Morgan fingerprint density at radius 3 is 2.18 bits per heavy atom. The molecule has 0 aromatic heterocycles. The van der Waals surface area contributed by atoms with E-state index < -0.39 is 0 Å². The van der Waals surface area contributed by atoms with Gasteiger partial charge in [-0.15, -0.1) is 0 Å². The summed E-state index contributed by atoms with van der Waals surface area (Å²) in [6.07, 6.45) is -0.209. The van der Waals surface area contributed by atoms with Crippen LogP contribution in [-0.4, -0.2) is 37.5 Å². The summed E-state index contributed by atoms with van der Waals surface area (Å²) in [6, 6.07) is 0. The van der Waals surface area contributed by atoms with Gasteiger partial charge in [0.2, 0.25) is 0 Å². The molecule has 0 bridgehead atoms. The molecule has 1 atom stereocenters. The van der Waals surface area contributed by atoms with E-state index in [1.807, 2.05) is 41.5 Å². The summed E-state index contributed by atoms with van der Waals surface area (Å²) in [5.41, 5.74) is -0.140. The molecule has 0 aliphatic rings. The lowest BCUT2D eigenvalue weighted by Crippen LogP contribution is -2.25. The van der Waals surface area contributed by atoms with Gasteiger partial charge in [0, 0.05) is 0 Å². The molecular weight excluding hydrogens is 220 g/mol. The average Bonchev–Trinajstić information content (AvgIpc) is 2.15. The number of hydrogen-bond acceptors (Lipinski definition) is 4. The molecule has 0 fully saturated rings. The molecule has 0 aliphatic heterocycles. The van der Waals surface area contributed by atoms with Gasteiger partial charge in [-0.2, -0.15) is 0 Å². The van der Waals surface area contributed by atoms with E-state index in [2.05, 4.69) is 0 Å². The maximum absolute atomic E-state index is 11.3. The molecule has 0 amide bonds. The van der Waals surface area contributed by atoms with Gasteiger partial charge in [-0.05, 0) is 27.7 Å². The van der Waals surface area contributed by atoms with Crippen molar-refractivity contribution in [3.63, 3.8) is 0 Å². The van der Waals surface area contributed by atoms with Crippen LogP contribution in [0.15, 0.2) is 0 Å². The first-order valence-electron chi connectivity index (χ1n) is 6.14. The molecule has 4 heteroatoms. The van der Waals surface area contributed by atoms with Crippen molar-refractivity contribution in [3.8, 4) is 0 Å². The first-order valence-corrected chi connectivity index (χ1v) is 6.14. The third kappa shape index (κ3) is 10.3. The van der Waals surface area contributed by atoms with Gasteiger partial charge in [0.15, 0.2) is 0 Å². The molecule has 0 saturated carbocycles. The normalized spacial score (nSPS) is 13.8. The minimum absolute atomic E-state index is 0.0957. The molecule has 0 aromatic rings. The standard InChI is InChI=1S/C13H26O4/c1-10(2)12(14)17-11(3)9-15-7-8-16-13(4,5)6/h10-11H,7-9H2,1-6H3. The highest BCUT2D eigenvalue weighted by molar-refractivity contribution is 5.71. The summed E-state index contributed by atoms with van der Waals surface area (Å²) in [7, 11) is 0. The van der Waals surface area contributed by atoms with Gasteiger partial charge in [-0.3, -0.25) is 4.79 Å². The molecule has 0 spiro atoms. The van der Waals surface area contributed by atoms with Crippen LogP contribution in [0, 0.1) is 5.92 Å². The fraction of sp³-hybridized carbons (Fsp3) is 0.923. The quantitative estimate of drug-likeness (QED) is 0.511. The molecule has 17 heavy (non-hydrogen) atoms. The fourth-order valence-corrected chi connectivity index (χ4v) is 1.02. The van der Waals surface area contributed by atoms with Gasteiger partial charge in [0.25, 0.3) is 0 Å². The van der Waals surface area contributed by atoms with E-state index in [4.69, 9.17) is 14.2 Å². The number of carbonyl (C=O) groups is 1. The van der Waals surface area contributed by atoms with E-state index in [1.54, 1.807) is 0 Å². The van der Waals surface area contributed by atoms with Gasteiger partial charge in [-0.1, -0.05) is 13.8 Å². The van der Waals surface area contributed by atoms with Crippen LogP contribution in [0.3, 0.4) is 0 Å². The maximum atomic E-state index is 11.3. The maximum Gasteiger partial charge on any atom is 0.308 e. The van der Waals surface area contributed by atoms with E-state index in [9.17, 15) is 4.79 Å². The summed E-state index contributed by atoms with van der Waals surface area (Å²) in [5.74, 6) is -0.284. The molecule has 102 valence electrons. The van der Waals surface area contributed by atoms with Crippen molar-refractivity contribution < 1.29 is 19.0 Å². The van der Waals surface area contributed by atoms with Crippen molar-refractivity contribution in [1.29, 1.82) is 0 Å². The lowest BCUT2D eigenvalue weighted by molar-refractivity contribution is -0.155. The SMILES string of the molecule is CC(COCCOC(C)(C)C)OC(=O)C(C)C. The smallest absolute Gasteiger partial charge is 0.308 e. The van der Waals surface area contributed by atoms with E-state index in [0.29, 0.717) is 19.8 Å². The summed E-state index contributed by atoms with van der Waals surface area (Å²) < 4.78 is 16.0. The van der Waals surface area contributed by atoms with Crippen LogP contribution in [0.4, 0.5) is 0 Å². The Balaban J connectivity index is 3.52. The van der Waals surface area contributed by atoms with Gasteiger partial charge < -0.3 is 14.2 Å². The van der Waals surface area contributed by atoms with Crippen molar-refractivity contribution in [2.45, 2.75) is 53.2 Å². The van der Waals surface area contributed by atoms with E-state index in [1.165, 1.54) is 0 Å². The van der Waals surface area contributed by atoms with E-state index >= 15 is 0 Å².